The Labute approximate surface area is 122 Å². The Kier molecular flexibility index (Phi) is 4.20. The van der Waals surface area contributed by atoms with E-state index >= 15 is 0 Å². The molecule has 116 valence electrons. The number of alkyl halides is 3. The Morgan fingerprint density at radius 3 is 2.55 bits per heavy atom. The maximum absolute atomic E-state index is 12.9. The van der Waals surface area contributed by atoms with Gasteiger partial charge in [0.2, 0.25) is 5.95 Å². The smallest absolute Gasteiger partial charge is 0.433 e. The quantitative estimate of drug-likeness (QED) is 0.913. The van der Waals surface area contributed by atoms with Gasteiger partial charge in [-0.25, -0.2) is 9.97 Å². The molecule has 0 aromatic carbocycles. The average molecular weight is 313 g/mol. The zero-order valence-electron chi connectivity index (χ0n) is 11.2. The SMILES string of the molecule is CN(CC(=O)O)c1nc(-c2cnccn2)cc(C(F)(F)F)n1. The number of aromatic nitrogens is 4. The van der Waals surface area contributed by atoms with E-state index in [0.29, 0.717) is 0 Å². The molecule has 10 heteroatoms. The molecule has 2 aromatic heterocycles. The van der Waals surface area contributed by atoms with E-state index in [2.05, 4.69) is 19.9 Å². The van der Waals surface area contributed by atoms with Crippen molar-refractivity contribution in [2.24, 2.45) is 0 Å². The molecule has 0 spiro atoms. The van der Waals surface area contributed by atoms with E-state index in [-0.39, 0.29) is 17.3 Å². The number of hydrogen-bond donors (Lipinski definition) is 1. The van der Waals surface area contributed by atoms with Gasteiger partial charge in [0.25, 0.3) is 0 Å². The van der Waals surface area contributed by atoms with Crippen LogP contribution in [0.5, 0.6) is 0 Å². The first-order chi connectivity index (χ1) is 10.3. The molecular weight excluding hydrogens is 303 g/mol. The third-order valence-electron chi connectivity index (χ3n) is 2.54. The second-order valence-electron chi connectivity index (χ2n) is 4.28. The Balaban J connectivity index is 2.53. The molecule has 0 amide bonds. The van der Waals surface area contributed by atoms with Gasteiger partial charge in [-0.15, -0.1) is 0 Å². The molecule has 0 aliphatic carbocycles. The number of carboxylic acids is 1. The van der Waals surface area contributed by atoms with Crippen LogP contribution in [0, 0.1) is 0 Å². The maximum Gasteiger partial charge on any atom is 0.433 e. The first kappa shape index (κ1) is 15.6. The van der Waals surface area contributed by atoms with Crippen molar-refractivity contribution in [1.82, 2.24) is 19.9 Å². The Bertz CT molecular complexity index is 678. The van der Waals surface area contributed by atoms with Gasteiger partial charge in [-0.2, -0.15) is 13.2 Å². The van der Waals surface area contributed by atoms with Gasteiger partial charge in [0, 0.05) is 19.4 Å². The minimum absolute atomic E-state index is 0.0948. The van der Waals surface area contributed by atoms with E-state index in [4.69, 9.17) is 5.11 Å². The molecule has 2 rings (SSSR count). The van der Waals surface area contributed by atoms with Gasteiger partial charge in [0.15, 0.2) is 5.69 Å². The van der Waals surface area contributed by atoms with Crippen LogP contribution in [0.25, 0.3) is 11.4 Å². The predicted octanol–water partition coefficient (Wildman–Crippen LogP) is 1.47. The summed E-state index contributed by atoms with van der Waals surface area (Å²) in [5.74, 6) is -1.58. The van der Waals surface area contributed by atoms with Crippen molar-refractivity contribution >= 4 is 11.9 Å². The third-order valence-corrected chi connectivity index (χ3v) is 2.54. The number of nitrogens with zero attached hydrogens (tertiary/aromatic N) is 5. The van der Waals surface area contributed by atoms with E-state index in [1.807, 2.05) is 0 Å². The van der Waals surface area contributed by atoms with Crippen molar-refractivity contribution in [1.29, 1.82) is 0 Å². The Morgan fingerprint density at radius 2 is 2.00 bits per heavy atom. The number of likely N-dealkylation sites (N-methyl/N-ethyl adjacent to an activating group) is 1. The van der Waals surface area contributed by atoms with Gasteiger partial charge >= 0.3 is 12.1 Å². The van der Waals surface area contributed by atoms with E-state index in [1.54, 1.807) is 0 Å². The zero-order valence-corrected chi connectivity index (χ0v) is 11.2. The third kappa shape index (κ3) is 3.65. The highest BCUT2D eigenvalue weighted by molar-refractivity contribution is 5.72. The van der Waals surface area contributed by atoms with Crippen LogP contribution >= 0.6 is 0 Å². The maximum atomic E-state index is 12.9. The van der Waals surface area contributed by atoms with Crippen molar-refractivity contribution in [3.8, 4) is 11.4 Å². The summed E-state index contributed by atoms with van der Waals surface area (Å²) >= 11 is 0. The van der Waals surface area contributed by atoms with Crippen molar-refractivity contribution in [3.05, 3.63) is 30.4 Å². The van der Waals surface area contributed by atoms with Gasteiger partial charge in [-0.05, 0) is 6.07 Å². The minimum atomic E-state index is -4.70. The van der Waals surface area contributed by atoms with Crippen LogP contribution in [0.1, 0.15) is 5.69 Å². The molecule has 0 aliphatic heterocycles. The molecule has 0 saturated carbocycles. The molecule has 0 saturated heterocycles. The van der Waals surface area contributed by atoms with Crippen LogP contribution in [0.3, 0.4) is 0 Å². The molecule has 0 aliphatic rings. The molecule has 0 unspecified atom stereocenters. The van der Waals surface area contributed by atoms with Crippen molar-refractivity contribution in [3.63, 3.8) is 0 Å². The number of rotatable bonds is 4. The number of anilines is 1. The number of aliphatic carboxylic acids is 1. The fraction of sp³-hybridized carbons (Fsp3) is 0.250. The normalized spacial score (nSPS) is 11.3. The van der Waals surface area contributed by atoms with Crippen molar-refractivity contribution < 1.29 is 23.1 Å². The van der Waals surface area contributed by atoms with Gasteiger partial charge in [-0.3, -0.25) is 14.8 Å². The second-order valence-corrected chi connectivity index (χ2v) is 4.28. The number of hydrogen-bond acceptors (Lipinski definition) is 6. The molecule has 2 aromatic rings. The molecule has 7 nitrogen and oxygen atoms in total. The number of halogens is 3. The van der Waals surface area contributed by atoms with Crippen molar-refractivity contribution in [2.45, 2.75) is 6.18 Å². The van der Waals surface area contributed by atoms with Crippen LogP contribution in [0.2, 0.25) is 0 Å². The first-order valence-corrected chi connectivity index (χ1v) is 5.93. The van der Waals surface area contributed by atoms with Crippen LogP contribution in [0.15, 0.2) is 24.7 Å². The van der Waals surface area contributed by atoms with Crippen LogP contribution < -0.4 is 4.90 Å². The summed E-state index contributed by atoms with van der Waals surface area (Å²) in [5.41, 5.74) is -1.15. The summed E-state index contributed by atoms with van der Waals surface area (Å²) in [6, 6.07) is 0.738. The topological polar surface area (TPSA) is 92.1 Å². The van der Waals surface area contributed by atoms with E-state index in [9.17, 15) is 18.0 Å². The van der Waals surface area contributed by atoms with Gasteiger partial charge in [-0.1, -0.05) is 0 Å². The monoisotopic (exact) mass is 313 g/mol. The molecule has 0 fully saturated rings. The van der Waals surface area contributed by atoms with Gasteiger partial charge < -0.3 is 10.0 Å². The van der Waals surface area contributed by atoms with Crippen LogP contribution in [-0.4, -0.2) is 44.6 Å². The average Bonchev–Trinajstić information content (AvgIpc) is 2.46. The second kappa shape index (κ2) is 5.92. The van der Waals surface area contributed by atoms with E-state index < -0.39 is 24.4 Å². The number of carboxylic acid groups (broad SMARTS) is 1. The summed E-state index contributed by atoms with van der Waals surface area (Å²) in [5, 5.41) is 8.72. The fourth-order valence-corrected chi connectivity index (χ4v) is 1.59. The van der Waals surface area contributed by atoms with Gasteiger partial charge in [0.05, 0.1) is 11.9 Å². The Hall–Kier alpha value is -2.78. The standard InChI is InChI=1S/C12H10F3N5O2/c1-20(6-10(21)22)11-18-7(8-5-16-2-3-17-8)4-9(19-11)12(13,14)15/h2-5H,6H2,1H3,(H,21,22). The Morgan fingerprint density at radius 1 is 1.27 bits per heavy atom. The number of carbonyl (C=O) groups is 1. The molecule has 22 heavy (non-hydrogen) atoms. The van der Waals surface area contributed by atoms with Crippen molar-refractivity contribution in [2.75, 3.05) is 18.5 Å². The fourth-order valence-electron chi connectivity index (χ4n) is 1.59. The summed E-state index contributed by atoms with van der Waals surface area (Å²) < 4.78 is 38.8. The summed E-state index contributed by atoms with van der Waals surface area (Å²) in [6.45, 7) is -0.540. The lowest BCUT2D eigenvalue weighted by Crippen LogP contribution is -2.28. The molecule has 0 atom stereocenters. The summed E-state index contributed by atoms with van der Waals surface area (Å²) in [7, 11) is 1.28. The van der Waals surface area contributed by atoms with Crippen LogP contribution in [0.4, 0.5) is 19.1 Å². The lowest BCUT2D eigenvalue weighted by atomic mass is 10.2. The largest absolute Gasteiger partial charge is 0.480 e. The minimum Gasteiger partial charge on any atom is -0.480 e. The molecule has 2 heterocycles. The van der Waals surface area contributed by atoms with E-state index in [1.165, 1.54) is 25.6 Å². The molecule has 1 N–H and O–H groups in total. The predicted molar refractivity (Wildman–Crippen MR) is 69.0 cm³/mol. The summed E-state index contributed by atoms with van der Waals surface area (Å²) in [4.78, 5) is 26.6. The first-order valence-electron chi connectivity index (χ1n) is 5.93. The highest BCUT2D eigenvalue weighted by Gasteiger charge is 2.34. The molecule has 0 bridgehead atoms. The lowest BCUT2D eigenvalue weighted by molar-refractivity contribution is -0.141. The zero-order chi connectivity index (χ0) is 16.3. The van der Waals surface area contributed by atoms with Crippen LogP contribution in [-0.2, 0) is 11.0 Å². The van der Waals surface area contributed by atoms with E-state index in [0.717, 1.165) is 11.0 Å². The summed E-state index contributed by atoms with van der Waals surface area (Å²) in [6.07, 6.45) is -0.764. The lowest BCUT2D eigenvalue weighted by Gasteiger charge is -2.17. The molecular formula is C12H10F3N5O2. The van der Waals surface area contributed by atoms with Gasteiger partial charge in [0.1, 0.15) is 12.2 Å². The highest BCUT2D eigenvalue weighted by Crippen LogP contribution is 2.30. The molecule has 0 radical (unpaired) electrons. The highest BCUT2D eigenvalue weighted by atomic mass is 19.4.